The van der Waals surface area contributed by atoms with E-state index in [1.54, 1.807) is 37.0 Å². The van der Waals surface area contributed by atoms with Crippen LogP contribution in [-0.4, -0.2) is 66.4 Å². The van der Waals surface area contributed by atoms with Crippen molar-refractivity contribution in [2.45, 2.75) is 51.1 Å². The first-order valence-corrected chi connectivity index (χ1v) is 17.7. The predicted octanol–water partition coefficient (Wildman–Crippen LogP) is 5.80. The Morgan fingerprint density at radius 1 is 1.10 bits per heavy atom. The molecule has 1 saturated heterocycles. The van der Waals surface area contributed by atoms with E-state index >= 15 is 0 Å². The summed E-state index contributed by atoms with van der Waals surface area (Å²) in [5.74, 6) is 1.41. The van der Waals surface area contributed by atoms with Gasteiger partial charge in [-0.05, 0) is 37.1 Å². The molecule has 1 aliphatic rings. The molecule has 0 spiro atoms. The first-order chi connectivity index (χ1) is 18.9. The quantitative estimate of drug-likeness (QED) is 0.129. The molecule has 1 unspecified atom stereocenters. The van der Waals surface area contributed by atoms with E-state index in [4.69, 9.17) is 19.2 Å². The van der Waals surface area contributed by atoms with Gasteiger partial charge in [-0.3, -0.25) is 14.9 Å². The van der Waals surface area contributed by atoms with E-state index in [0.29, 0.717) is 19.1 Å². The molecule has 1 atom stereocenters. The van der Waals surface area contributed by atoms with E-state index in [0.717, 1.165) is 70.3 Å². The molecule has 0 aromatic carbocycles. The zero-order valence-electron chi connectivity index (χ0n) is 22.9. The van der Waals surface area contributed by atoms with Crippen LogP contribution in [0.2, 0.25) is 25.7 Å². The summed E-state index contributed by atoms with van der Waals surface area (Å²) in [6, 6.07) is 8.86. The maximum absolute atomic E-state index is 6.15. The van der Waals surface area contributed by atoms with Crippen LogP contribution in [0.3, 0.4) is 0 Å². The van der Waals surface area contributed by atoms with Crippen molar-refractivity contribution in [1.29, 1.82) is 0 Å². The van der Waals surface area contributed by atoms with Gasteiger partial charge in [-0.15, -0.1) is 10.2 Å². The predicted molar refractivity (Wildman–Crippen MR) is 157 cm³/mol. The van der Waals surface area contributed by atoms with Gasteiger partial charge in [0.15, 0.2) is 0 Å². The lowest BCUT2D eigenvalue weighted by atomic mass is 10.2. The fourth-order valence-corrected chi connectivity index (χ4v) is 5.83. The van der Waals surface area contributed by atoms with Gasteiger partial charge in [-0.1, -0.05) is 31.0 Å². The lowest BCUT2D eigenvalue weighted by Gasteiger charge is -2.22. The van der Waals surface area contributed by atoms with Crippen molar-refractivity contribution in [3.8, 4) is 5.75 Å². The normalized spacial score (nSPS) is 15.5. The van der Waals surface area contributed by atoms with Crippen molar-refractivity contribution >= 4 is 52.8 Å². The highest BCUT2D eigenvalue weighted by Gasteiger charge is 2.22. The van der Waals surface area contributed by atoms with Crippen LogP contribution < -0.4 is 15.0 Å². The molecule has 0 amide bonds. The molecule has 5 heterocycles. The van der Waals surface area contributed by atoms with Crippen LogP contribution in [0.5, 0.6) is 5.75 Å². The summed E-state index contributed by atoms with van der Waals surface area (Å²) in [5.41, 5.74) is 3.15. The summed E-state index contributed by atoms with van der Waals surface area (Å²) >= 11 is 1.57. The van der Waals surface area contributed by atoms with Gasteiger partial charge >= 0.3 is 0 Å². The van der Waals surface area contributed by atoms with Crippen molar-refractivity contribution < 1.29 is 14.2 Å². The van der Waals surface area contributed by atoms with Crippen LogP contribution >= 0.6 is 11.3 Å². The van der Waals surface area contributed by atoms with E-state index < -0.39 is 8.07 Å². The molecule has 1 aliphatic heterocycles. The zero-order chi connectivity index (χ0) is 27.2. The first-order valence-electron chi connectivity index (χ1n) is 13.2. The first kappa shape index (κ1) is 27.4. The second-order valence-electron chi connectivity index (χ2n) is 10.8. The highest BCUT2D eigenvalue weighted by molar-refractivity contribution is 7.15. The highest BCUT2D eigenvalue weighted by atomic mass is 32.1. The Labute approximate surface area is 233 Å². The number of methoxy groups -OCH3 is 1. The maximum Gasteiger partial charge on any atom is 0.215 e. The topological polar surface area (TPSA) is 107 Å². The third-order valence-electron chi connectivity index (χ3n) is 6.37. The molecule has 5 rings (SSSR count). The number of anilines is 4. The average Bonchev–Trinajstić information content (AvgIpc) is 3.60. The Hall–Kier alpha value is -3.19. The number of pyridine rings is 3. The number of rotatable bonds is 12. The minimum Gasteiger partial charge on any atom is -0.495 e. The smallest absolute Gasteiger partial charge is 0.215 e. The molecular formula is C27H35N7O3SSi. The Morgan fingerprint density at radius 2 is 1.97 bits per heavy atom. The molecule has 39 heavy (non-hydrogen) atoms. The molecule has 0 radical (unpaired) electrons. The number of aromatic nitrogens is 5. The van der Waals surface area contributed by atoms with E-state index in [-0.39, 0.29) is 6.10 Å². The fourth-order valence-electron chi connectivity index (χ4n) is 4.17. The third-order valence-corrected chi connectivity index (χ3v) is 9.04. The van der Waals surface area contributed by atoms with Gasteiger partial charge in [0.1, 0.15) is 23.3 Å². The molecule has 1 N–H and O–H groups in total. The standard InChI is InChI=1S/C27H35N7O3SSi/c1-35-22-12-19(15-28-17-22)30-20-13-24-23(29-16-20)7-8-25(31-24)34(18-36-10-11-39(2,3)4)27-33-32-26(38-27)14-21-6-5-9-37-21/h7-8,12-13,15-17,21,30H,5-6,9-11,14,18H2,1-4H3. The lowest BCUT2D eigenvalue weighted by Crippen LogP contribution is -2.26. The lowest BCUT2D eigenvalue weighted by molar-refractivity contribution is 0.111. The molecule has 206 valence electrons. The minimum atomic E-state index is -1.21. The van der Waals surface area contributed by atoms with Crippen LogP contribution in [0, 0.1) is 0 Å². The summed E-state index contributed by atoms with van der Waals surface area (Å²) in [4.78, 5) is 15.8. The zero-order valence-corrected chi connectivity index (χ0v) is 24.7. The number of ether oxygens (including phenoxy) is 3. The van der Waals surface area contributed by atoms with E-state index in [1.165, 1.54) is 0 Å². The molecule has 0 saturated carbocycles. The summed E-state index contributed by atoms with van der Waals surface area (Å²) in [6.07, 6.45) is 8.36. The Morgan fingerprint density at radius 3 is 2.77 bits per heavy atom. The van der Waals surface area contributed by atoms with Crippen molar-refractivity contribution in [2.24, 2.45) is 0 Å². The number of nitrogens with zero attached hydrogens (tertiary/aromatic N) is 6. The fraction of sp³-hybridized carbons (Fsp3) is 0.444. The second-order valence-corrected chi connectivity index (χ2v) is 17.4. The molecule has 0 bridgehead atoms. The third kappa shape index (κ3) is 7.47. The molecular weight excluding hydrogens is 530 g/mol. The number of nitrogens with one attached hydrogen (secondary N) is 1. The molecule has 1 fully saturated rings. The SMILES string of the molecule is COc1cncc(Nc2cnc3ccc(N(COCC[Si](C)(C)C)c4nnc(CC5CCCO5)s4)nc3c2)c1. The van der Waals surface area contributed by atoms with Crippen LogP contribution in [-0.2, 0) is 15.9 Å². The molecule has 12 heteroatoms. The van der Waals surface area contributed by atoms with Gasteiger partial charge < -0.3 is 19.5 Å². The Kier molecular flexibility index (Phi) is 8.65. The van der Waals surface area contributed by atoms with Gasteiger partial charge in [-0.2, -0.15) is 0 Å². The summed E-state index contributed by atoms with van der Waals surface area (Å²) in [7, 11) is 0.407. The van der Waals surface area contributed by atoms with Gasteiger partial charge in [0.05, 0.1) is 54.2 Å². The number of hydrogen-bond donors (Lipinski definition) is 1. The van der Waals surface area contributed by atoms with E-state index in [2.05, 4.69) is 45.1 Å². The molecule has 10 nitrogen and oxygen atoms in total. The van der Waals surface area contributed by atoms with Crippen LogP contribution in [0.1, 0.15) is 17.8 Å². The van der Waals surface area contributed by atoms with Crippen molar-refractivity contribution in [3.05, 3.63) is 47.9 Å². The van der Waals surface area contributed by atoms with Crippen LogP contribution in [0.4, 0.5) is 22.3 Å². The Bertz CT molecular complexity index is 1390. The van der Waals surface area contributed by atoms with Crippen LogP contribution in [0.25, 0.3) is 11.0 Å². The van der Waals surface area contributed by atoms with Gasteiger partial charge in [-0.25, -0.2) is 4.98 Å². The number of fused-ring (bicyclic) bond motifs is 1. The second kappa shape index (κ2) is 12.3. The summed E-state index contributed by atoms with van der Waals surface area (Å²) < 4.78 is 17.2. The van der Waals surface area contributed by atoms with Crippen LogP contribution in [0.15, 0.2) is 42.9 Å². The number of hydrogen-bond acceptors (Lipinski definition) is 11. The van der Waals surface area contributed by atoms with E-state index in [1.807, 2.05) is 29.2 Å². The van der Waals surface area contributed by atoms with Crippen molar-refractivity contribution in [2.75, 3.05) is 37.3 Å². The molecule has 0 aliphatic carbocycles. The molecule has 4 aromatic heterocycles. The monoisotopic (exact) mass is 565 g/mol. The largest absolute Gasteiger partial charge is 0.495 e. The summed E-state index contributed by atoms with van der Waals surface area (Å²) in [5, 5.41) is 14.0. The van der Waals surface area contributed by atoms with Gasteiger partial charge in [0, 0.05) is 33.8 Å². The van der Waals surface area contributed by atoms with E-state index in [9.17, 15) is 0 Å². The average molecular weight is 566 g/mol. The van der Waals surface area contributed by atoms with Crippen molar-refractivity contribution in [3.63, 3.8) is 0 Å². The van der Waals surface area contributed by atoms with Gasteiger partial charge in [0.25, 0.3) is 0 Å². The van der Waals surface area contributed by atoms with Gasteiger partial charge in [0.2, 0.25) is 5.13 Å². The maximum atomic E-state index is 6.15. The Balaban J connectivity index is 1.39. The van der Waals surface area contributed by atoms with Crippen molar-refractivity contribution in [1.82, 2.24) is 25.1 Å². The minimum absolute atomic E-state index is 0.225. The highest BCUT2D eigenvalue weighted by Crippen LogP contribution is 2.31. The molecule has 4 aromatic rings. The summed E-state index contributed by atoms with van der Waals surface area (Å²) in [6.45, 7) is 8.92.